The fraction of sp³-hybridized carbons (Fsp3) is 0.571. The van der Waals surface area contributed by atoms with E-state index in [1.165, 1.54) is 10.6 Å². The fourth-order valence-electron chi connectivity index (χ4n) is 3.87. The second kappa shape index (κ2) is 8.11. The number of benzene rings is 2. The minimum atomic E-state index is -0.146. The van der Waals surface area contributed by atoms with Gasteiger partial charge in [-0.2, -0.15) is 0 Å². The van der Waals surface area contributed by atoms with Crippen molar-refractivity contribution in [1.29, 1.82) is 0 Å². The zero-order valence-electron chi connectivity index (χ0n) is 21.7. The summed E-state index contributed by atoms with van der Waals surface area (Å²) in [7, 11) is 0.449. The minimum absolute atomic E-state index is 0.146. The molecule has 0 aliphatic carbocycles. The van der Waals surface area contributed by atoms with Gasteiger partial charge < -0.3 is 10.2 Å². The second-order valence-electron chi connectivity index (χ2n) is 13.0. The lowest BCUT2D eigenvalue weighted by Crippen LogP contribution is -2.22. The predicted molar refractivity (Wildman–Crippen MR) is 139 cm³/mol. The highest BCUT2D eigenvalue weighted by atomic mass is 31.1. The number of phenolic OH excluding ortho intramolecular Hbond substituents is 2. The second-order valence-corrected chi connectivity index (χ2v) is 14.4. The van der Waals surface area contributed by atoms with Crippen LogP contribution in [0.15, 0.2) is 24.3 Å². The number of hydrogen-bond acceptors (Lipinski definition) is 2. The van der Waals surface area contributed by atoms with Gasteiger partial charge in [0.05, 0.1) is 0 Å². The standard InChI is InChI=1S/C28H43O2P/c1-25(2,3)19-13-17(14-20(23(19)29)26(4,5)6)31-18-15-21(27(7,8)9)24(30)22(16-18)28(10,11)12/h13-16,29-31H,1-12H3. The van der Waals surface area contributed by atoms with Gasteiger partial charge in [-0.15, -0.1) is 0 Å². The van der Waals surface area contributed by atoms with Gasteiger partial charge in [0.15, 0.2) is 0 Å². The molecule has 31 heavy (non-hydrogen) atoms. The SMILES string of the molecule is CC(C)(C)c1cc(Pc2cc(C(C)(C)C)c(O)c(C(C)(C)C)c2)cc(C(C)(C)C)c1O. The van der Waals surface area contributed by atoms with Gasteiger partial charge in [0.2, 0.25) is 0 Å². The smallest absolute Gasteiger partial charge is 0.123 e. The topological polar surface area (TPSA) is 40.5 Å². The van der Waals surface area contributed by atoms with Gasteiger partial charge in [0.25, 0.3) is 0 Å². The molecule has 0 amide bonds. The Labute approximate surface area is 192 Å². The van der Waals surface area contributed by atoms with Crippen LogP contribution in [0.2, 0.25) is 0 Å². The third-order valence-corrected chi connectivity index (χ3v) is 6.90. The summed E-state index contributed by atoms with van der Waals surface area (Å²) in [5.41, 5.74) is 3.39. The molecule has 0 radical (unpaired) electrons. The molecule has 0 aliphatic rings. The van der Waals surface area contributed by atoms with Crippen LogP contribution < -0.4 is 10.6 Å². The highest BCUT2D eigenvalue weighted by Crippen LogP contribution is 2.41. The molecule has 0 spiro atoms. The van der Waals surface area contributed by atoms with E-state index < -0.39 is 0 Å². The van der Waals surface area contributed by atoms with Crippen molar-refractivity contribution in [2.75, 3.05) is 0 Å². The van der Waals surface area contributed by atoms with Crippen molar-refractivity contribution in [1.82, 2.24) is 0 Å². The van der Waals surface area contributed by atoms with Crippen LogP contribution in [0.5, 0.6) is 11.5 Å². The first kappa shape index (κ1) is 25.7. The summed E-state index contributed by atoms with van der Waals surface area (Å²) in [4.78, 5) is 0. The van der Waals surface area contributed by atoms with Gasteiger partial charge in [-0.3, -0.25) is 0 Å². The van der Waals surface area contributed by atoms with E-state index in [0.717, 1.165) is 22.3 Å². The van der Waals surface area contributed by atoms with E-state index in [4.69, 9.17) is 0 Å². The third-order valence-electron chi connectivity index (χ3n) is 5.74. The molecule has 0 saturated carbocycles. The van der Waals surface area contributed by atoms with Gasteiger partial charge in [-0.05, 0) is 56.5 Å². The Morgan fingerprint density at radius 1 is 0.452 bits per heavy atom. The summed E-state index contributed by atoms with van der Waals surface area (Å²) in [5, 5.41) is 24.6. The number of aromatic hydroxyl groups is 2. The van der Waals surface area contributed by atoms with Crippen molar-refractivity contribution in [2.24, 2.45) is 0 Å². The molecule has 3 heteroatoms. The van der Waals surface area contributed by atoms with Crippen molar-refractivity contribution in [3.63, 3.8) is 0 Å². The minimum Gasteiger partial charge on any atom is -0.507 e. The molecule has 0 heterocycles. The molecule has 2 rings (SSSR count). The Balaban J connectivity index is 2.73. The Kier molecular flexibility index (Phi) is 6.73. The largest absolute Gasteiger partial charge is 0.507 e. The highest BCUT2D eigenvalue weighted by Gasteiger charge is 2.28. The lowest BCUT2D eigenvalue weighted by molar-refractivity contribution is 0.423. The Morgan fingerprint density at radius 3 is 0.806 bits per heavy atom. The monoisotopic (exact) mass is 442 g/mol. The summed E-state index contributed by atoms with van der Waals surface area (Å²) in [5.74, 6) is 0.843. The van der Waals surface area contributed by atoms with Gasteiger partial charge >= 0.3 is 0 Å². The highest BCUT2D eigenvalue weighted by molar-refractivity contribution is 7.55. The Hall–Kier alpha value is -1.53. The average Bonchev–Trinajstić information content (AvgIpc) is 2.53. The van der Waals surface area contributed by atoms with E-state index in [1.807, 2.05) is 0 Å². The van der Waals surface area contributed by atoms with Crippen LogP contribution in [0.4, 0.5) is 0 Å². The summed E-state index contributed by atoms with van der Waals surface area (Å²) >= 11 is 0. The van der Waals surface area contributed by atoms with Gasteiger partial charge in [-0.1, -0.05) is 91.7 Å². The van der Waals surface area contributed by atoms with Crippen molar-refractivity contribution >= 4 is 19.2 Å². The van der Waals surface area contributed by atoms with Crippen molar-refractivity contribution in [2.45, 2.75) is 105 Å². The Bertz CT molecular complexity index is 809. The van der Waals surface area contributed by atoms with E-state index in [0.29, 0.717) is 20.1 Å². The van der Waals surface area contributed by atoms with Gasteiger partial charge in [0, 0.05) is 22.3 Å². The summed E-state index contributed by atoms with van der Waals surface area (Å²) in [6.07, 6.45) is 0. The number of rotatable bonds is 2. The van der Waals surface area contributed by atoms with Crippen molar-refractivity contribution < 1.29 is 10.2 Å². The molecule has 172 valence electrons. The van der Waals surface area contributed by atoms with E-state index >= 15 is 0 Å². The van der Waals surface area contributed by atoms with Crippen LogP contribution in [0.3, 0.4) is 0 Å². The maximum absolute atomic E-state index is 11.1. The molecule has 0 aromatic heterocycles. The lowest BCUT2D eigenvalue weighted by atomic mass is 9.79. The van der Waals surface area contributed by atoms with Crippen molar-refractivity contribution in [3.8, 4) is 11.5 Å². The molecule has 0 aliphatic heterocycles. The van der Waals surface area contributed by atoms with Gasteiger partial charge in [0.1, 0.15) is 11.5 Å². The first-order chi connectivity index (χ1) is 13.7. The summed E-state index contributed by atoms with van der Waals surface area (Å²) in [6.45, 7) is 25.8. The molecule has 2 aromatic carbocycles. The van der Waals surface area contributed by atoms with E-state index in [1.54, 1.807) is 0 Å². The van der Waals surface area contributed by atoms with E-state index in [9.17, 15) is 10.2 Å². The third kappa shape index (κ3) is 5.83. The first-order valence-corrected chi connectivity index (χ1v) is 12.3. The normalized spacial score (nSPS) is 13.5. The summed E-state index contributed by atoms with van der Waals surface area (Å²) < 4.78 is 0. The molecular formula is C28H43O2P. The first-order valence-electron chi connectivity index (χ1n) is 11.3. The number of phenols is 2. The van der Waals surface area contributed by atoms with Crippen LogP contribution in [-0.4, -0.2) is 10.2 Å². The molecule has 0 unspecified atom stereocenters. The number of hydrogen-bond donors (Lipinski definition) is 2. The maximum atomic E-state index is 11.1. The Morgan fingerprint density at radius 2 is 0.645 bits per heavy atom. The van der Waals surface area contributed by atoms with E-state index in [2.05, 4.69) is 107 Å². The molecular weight excluding hydrogens is 399 g/mol. The van der Waals surface area contributed by atoms with E-state index in [-0.39, 0.29) is 21.7 Å². The van der Waals surface area contributed by atoms with Crippen LogP contribution >= 0.6 is 8.58 Å². The summed E-state index contributed by atoms with van der Waals surface area (Å²) in [6, 6.07) is 8.68. The van der Waals surface area contributed by atoms with Crippen molar-refractivity contribution in [3.05, 3.63) is 46.5 Å². The van der Waals surface area contributed by atoms with Crippen LogP contribution in [0.25, 0.3) is 0 Å². The molecule has 2 nitrogen and oxygen atoms in total. The molecule has 0 atom stereocenters. The molecule has 0 saturated heterocycles. The lowest BCUT2D eigenvalue weighted by Gasteiger charge is -2.29. The van der Waals surface area contributed by atoms with Gasteiger partial charge in [-0.25, -0.2) is 0 Å². The molecule has 0 fully saturated rings. The molecule has 2 aromatic rings. The predicted octanol–water partition coefficient (Wildman–Crippen LogP) is 6.92. The van der Waals surface area contributed by atoms with Crippen LogP contribution in [0, 0.1) is 0 Å². The quantitative estimate of drug-likeness (QED) is 0.496. The molecule has 0 bridgehead atoms. The maximum Gasteiger partial charge on any atom is 0.123 e. The zero-order valence-corrected chi connectivity index (χ0v) is 22.7. The van der Waals surface area contributed by atoms with Crippen LogP contribution in [-0.2, 0) is 21.7 Å². The average molecular weight is 443 g/mol. The molecule has 2 N–H and O–H groups in total. The van der Waals surface area contributed by atoms with Crippen LogP contribution in [0.1, 0.15) is 105 Å². The zero-order chi connectivity index (χ0) is 24.2. The fourth-order valence-corrected chi connectivity index (χ4v) is 5.07.